The molecule has 1 N–H and O–H groups in total. The minimum absolute atomic E-state index is 0.0723. The summed E-state index contributed by atoms with van der Waals surface area (Å²) in [5.74, 6) is -1.08. The summed E-state index contributed by atoms with van der Waals surface area (Å²) in [6, 6.07) is 0. The van der Waals surface area contributed by atoms with Crippen LogP contribution in [-0.4, -0.2) is 51.4 Å². The Balaban J connectivity index is 1.85. The molecule has 1 saturated heterocycles. The second kappa shape index (κ2) is 5.68. The van der Waals surface area contributed by atoms with Crippen molar-refractivity contribution in [3.05, 3.63) is 24.3 Å². The number of aromatic nitrogens is 2. The van der Waals surface area contributed by atoms with E-state index in [1.807, 2.05) is 4.90 Å². The maximum Gasteiger partial charge on any atom is 0.306 e. The molecule has 0 aromatic carbocycles. The molecular formula is C12H15N3O3. The van der Waals surface area contributed by atoms with Gasteiger partial charge in [-0.1, -0.05) is 0 Å². The zero-order chi connectivity index (χ0) is 13.0. The van der Waals surface area contributed by atoms with Crippen LogP contribution in [0.25, 0.3) is 0 Å². The van der Waals surface area contributed by atoms with E-state index in [4.69, 9.17) is 5.11 Å². The van der Waals surface area contributed by atoms with Crippen LogP contribution in [0, 0.1) is 5.92 Å². The highest BCUT2D eigenvalue weighted by molar-refractivity contribution is 5.95. The van der Waals surface area contributed by atoms with Crippen LogP contribution in [0.1, 0.15) is 23.3 Å². The van der Waals surface area contributed by atoms with E-state index in [2.05, 4.69) is 9.97 Å². The first-order valence-electron chi connectivity index (χ1n) is 5.91. The van der Waals surface area contributed by atoms with Gasteiger partial charge in [-0.25, -0.2) is 4.98 Å². The first-order valence-corrected chi connectivity index (χ1v) is 5.91. The van der Waals surface area contributed by atoms with Crippen molar-refractivity contribution >= 4 is 11.8 Å². The third kappa shape index (κ3) is 3.10. The fraction of sp³-hybridized carbons (Fsp3) is 0.500. The highest BCUT2D eigenvalue weighted by Crippen LogP contribution is 2.17. The zero-order valence-corrected chi connectivity index (χ0v) is 9.95. The number of carboxylic acids is 1. The molecule has 96 valence electrons. The van der Waals surface area contributed by atoms with Gasteiger partial charge in [-0.3, -0.25) is 19.5 Å². The van der Waals surface area contributed by atoms with E-state index >= 15 is 0 Å². The average Bonchev–Trinajstić information content (AvgIpc) is 2.40. The van der Waals surface area contributed by atoms with Gasteiger partial charge in [-0.15, -0.1) is 0 Å². The Morgan fingerprint density at radius 1 is 1.33 bits per heavy atom. The number of Topliss-reactive ketones (excluding diaryl/α,β-unsaturated/α-hetero) is 1. The summed E-state index contributed by atoms with van der Waals surface area (Å²) in [4.78, 5) is 32.4. The van der Waals surface area contributed by atoms with Gasteiger partial charge in [-0.2, -0.15) is 0 Å². The molecule has 2 heterocycles. The number of hydrogen-bond donors (Lipinski definition) is 1. The molecule has 1 aromatic heterocycles. The summed E-state index contributed by atoms with van der Waals surface area (Å²) in [6.07, 6.45) is 5.66. The fourth-order valence-electron chi connectivity index (χ4n) is 2.07. The molecule has 6 heteroatoms. The summed E-state index contributed by atoms with van der Waals surface area (Å²) in [7, 11) is 0. The SMILES string of the molecule is O=C(CN1CCC(C(=O)O)CC1)c1cnccn1. The van der Waals surface area contributed by atoms with E-state index in [1.54, 1.807) is 0 Å². The highest BCUT2D eigenvalue weighted by atomic mass is 16.4. The van der Waals surface area contributed by atoms with Crippen LogP contribution in [0.15, 0.2) is 18.6 Å². The Bertz CT molecular complexity index is 427. The van der Waals surface area contributed by atoms with E-state index < -0.39 is 5.97 Å². The topological polar surface area (TPSA) is 83.4 Å². The van der Waals surface area contributed by atoms with Crippen molar-refractivity contribution in [2.75, 3.05) is 19.6 Å². The summed E-state index contributed by atoms with van der Waals surface area (Å²) in [6.45, 7) is 1.57. The number of carbonyl (C=O) groups excluding carboxylic acids is 1. The number of nitrogens with zero attached hydrogens (tertiary/aromatic N) is 3. The molecular weight excluding hydrogens is 234 g/mol. The predicted octanol–water partition coefficient (Wildman–Crippen LogP) is 0.456. The van der Waals surface area contributed by atoms with E-state index in [9.17, 15) is 9.59 Å². The molecule has 2 rings (SSSR count). The summed E-state index contributed by atoms with van der Waals surface area (Å²) < 4.78 is 0. The lowest BCUT2D eigenvalue weighted by atomic mass is 9.97. The van der Waals surface area contributed by atoms with Gasteiger partial charge in [0.2, 0.25) is 0 Å². The van der Waals surface area contributed by atoms with Gasteiger partial charge in [0, 0.05) is 12.4 Å². The van der Waals surface area contributed by atoms with Gasteiger partial charge in [0.1, 0.15) is 5.69 Å². The second-order valence-electron chi connectivity index (χ2n) is 4.40. The standard InChI is InChI=1S/C12H15N3O3/c16-11(10-7-13-3-4-14-10)8-15-5-1-9(2-6-15)12(17)18/h3-4,7,9H,1-2,5-6,8H2,(H,17,18). The third-order valence-electron chi connectivity index (χ3n) is 3.15. The molecule has 1 aliphatic heterocycles. The molecule has 0 aliphatic carbocycles. The normalized spacial score (nSPS) is 17.6. The molecule has 1 aliphatic rings. The second-order valence-corrected chi connectivity index (χ2v) is 4.40. The lowest BCUT2D eigenvalue weighted by molar-refractivity contribution is -0.143. The Labute approximate surface area is 105 Å². The van der Waals surface area contributed by atoms with E-state index in [-0.39, 0.29) is 18.2 Å². The molecule has 0 radical (unpaired) electrons. The van der Waals surface area contributed by atoms with Crippen LogP contribution < -0.4 is 0 Å². The summed E-state index contributed by atoms with van der Waals surface area (Å²) in [5.41, 5.74) is 0.359. The average molecular weight is 249 g/mol. The first-order chi connectivity index (χ1) is 8.66. The van der Waals surface area contributed by atoms with Gasteiger partial charge in [-0.05, 0) is 25.9 Å². The van der Waals surface area contributed by atoms with Crippen LogP contribution in [-0.2, 0) is 4.79 Å². The van der Waals surface area contributed by atoms with Gasteiger partial charge in [0.05, 0.1) is 18.7 Å². The lowest BCUT2D eigenvalue weighted by Crippen LogP contribution is -2.39. The Morgan fingerprint density at radius 2 is 2.06 bits per heavy atom. The number of piperidine rings is 1. The molecule has 0 amide bonds. The molecule has 1 fully saturated rings. The summed E-state index contributed by atoms with van der Waals surface area (Å²) in [5, 5.41) is 8.88. The van der Waals surface area contributed by atoms with Gasteiger partial charge in [0.15, 0.2) is 5.78 Å². The molecule has 0 atom stereocenters. The Hall–Kier alpha value is -1.82. The molecule has 0 saturated carbocycles. The monoisotopic (exact) mass is 249 g/mol. The smallest absolute Gasteiger partial charge is 0.306 e. The minimum Gasteiger partial charge on any atom is -0.481 e. The van der Waals surface area contributed by atoms with Crippen LogP contribution in [0.5, 0.6) is 0 Å². The van der Waals surface area contributed by atoms with E-state index in [0.717, 1.165) is 0 Å². The highest BCUT2D eigenvalue weighted by Gasteiger charge is 2.25. The van der Waals surface area contributed by atoms with Crippen molar-refractivity contribution in [2.45, 2.75) is 12.8 Å². The van der Waals surface area contributed by atoms with Crippen molar-refractivity contribution < 1.29 is 14.7 Å². The third-order valence-corrected chi connectivity index (χ3v) is 3.15. The van der Waals surface area contributed by atoms with Crippen LogP contribution in [0.4, 0.5) is 0 Å². The lowest BCUT2D eigenvalue weighted by Gasteiger charge is -2.29. The first kappa shape index (κ1) is 12.6. The number of carbonyl (C=O) groups is 2. The van der Waals surface area contributed by atoms with Gasteiger partial charge >= 0.3 is 5.97 Å². The number of rotatable bonds is 4. The van der Waals surface area contributed by atoms with Crippen molar-refractivity contribution in [3.63, 3.8) is 0 Å². The van der Waals surface area contributed by atoms with E-state index in [1.165, 1.54) is 18.6 Å². The van der Waals surface area contributed by atoms with Crippen LogP contribution in [0.2, 0.25) is 0 Å². The minimum atomic E-state index is -0.741. The zero-order valence-electron chi connectivity index (χ0n) is 9.95. The number of carboxylic acid groups (broad SMARTS) is 1. The molecule has 1 aromatic rings. The van der Waals surface area contributed by atoms with Crippen LogP contribution >= 0.6 is 0 Å². The number of hydrogen-bond acceptors (Lipinski definition) is 5. The number of ketones is 1. The number of likely N-dealkylation sites (tertiary alicyclic amines) is 1. The Kier molecular flexibility index (Phi) is 3.99. The maximum absolute atomic E-state index is 11.9. The quantitative estimate of drug-likeness (QED) is 0.780. The largest absolute Gasteiger partial charge is 0.481 e. The van der Waals surface area contributed by atoms with Crippen molar-refractivity contribution in [3.8, 4) is 0 Å². The van der Waals surface area contributed by atoms with Crippen molar-refractivity contribution in [1.29, 1.82) is 0 Å². The molecule has 0 unspecified atom stereocenters. The van der Waals surface area contributed by atoms with Gasteiger partial charge in [0.25, 0.3) is 0 Å². The van der Waals surface area contributed by atoms with Gasteiger partial charge < -0.3 is 5.11 Å². The van der Waals surface area contributed by atoms with Crippen molar-refractivity contribution in [1.82, 2.24) is 14.9 Å². The fourth-order valence-corrected chi connectivity index (χ4v) is 2.07. The van der Waals surface area contributed by atoms with E-state index in [0.29, 0.717) is 31.6 Å². The van der Waals surface area contributed by atoms with Crippen molar-refractivity contribution in [2.24, 2.45) is 5.92 Å². The molecule has 18 heavy (non-hydrogen) atoms. The van der Waals surface area contributed by atoms with Crippen LogP contribution in [0.3, 0.4) is 0 Å². The summed E-state index contributed by atoms with van der Waals surface area (Å²) >= 11 is 0. The maximum atomic E-state index is 11.9. The Morgan fingerprint density at radius 3 is 2.61 bits per heavy atom. The molecule has 0 bridgehead atoms. The predicted molar refractivity (Wildman–Crippen MR) is 63.2 cm³/mol. The number of aliphatic carboxylic acids is 1. The molecule has 6 nitrogen and oxygen atoms in total. The molecule has 0 spiro atoms.